The van der Waals surface area contributed by atoms with Crippen LogP contribution in [0.5, 0.6) is 0 Å². The molecule has 122 valence electrons. The van der Waals surface area contributed by atoms with Gasteiger partial charge in [-0.3, -0.25) is 9.36 Å². The third kappa shape index (κ3) is 3.96. The van der Waals surface area contributed by atoms with Crippen LogP contribution in [-0.4, -0.2) is 21.2 Å². The molecule has 0 atom stereocenters. The van der Waals surface area contributed by atoms with Gasteiger partial charge in [0.05, 0.1) is 11.4 Å². The van der Waals surface area contributed by atoms with Crippen LogP contribution in [0.4, 0.5) is 10.1 Å². The van der Waals surface area contributed by atoms with Gasteiger partial charge >= 0.3 is 0 Å². The Morgan fingerprint density at radius 2 is 2.08 bits per heavy atom. The van der Waals surface area contributed by atoms with Gasteiger partial charge in [0, 0.05) is 23.1 Å². The molecule has 0 aliphatic heterocycles. The van der Waals surface area contributed by atoms with Crippen molar-refractivity contribution in [1.29, 1.82) is 0 Å². The fraction of sp³-hybridized carbons (Fsp3) is 0.0588. The van der Waals surface area contributed by atoms with Gasteiger partial charge in [0.2, 0.25) is 5.91 Å². The van der Waals surface area contributed by atoms with Crippen molar-refractivity contribution in [1.82, 2.24) is 9.55 Å². The smallest absolute Gasteiger partial charge is 0.234 e. The summed E-state index contributed by atoms with van der Waals surface area (Å²) in [4.78, 5) is 16.3. The van der Waals surface area contributed by atoms with Gasteiger partial charge in [-0.05, 0) is 30.3 Å². The zero-order chi connectivity index (χ0) is 16.9. The van der Waals surface area contributed by atoms with Gasteiger partial charge in [-0.2, -0.15) is 0 Å². The van der Waals surface area contributed by atoms with Crippen LogP contribution in [0.2, 0.25) is 5.02 Å². The number of halogens is 2. The number of hydrogen-bond donors (Lipinski definition) is 1. The molecule has 4 nitrogen and oxygen atoms in total. The Labute approximate surface area is 147 Å². The third-order valence-electron chi connectivity index (χ3n) is 3.17. The van der Waals surface area contributed by atoms with Crippen molar-refractivity contribution in [2.75, 3.05) is 11.1 Å². The van der Waals surface area contributed by atoms with Gasteiger partial charge in [-0.25, -0.2) is 9.37 Å². The molecule has 0 fully saturated rings. The highest BCUT2D eigenvalue weighted by molar-refractivity contribution is 7.99. The molecule has 0 aliphatic rings. The van der Waals surface area contributed by atoms with E-state index in [0.29, 0.717) is 10.2 Å². The molecule has 1 heterocycles. The summed E-state index contributed by atoms with van der Waals surface area (Å²) >= 11 is 7.27. The molecule has 0 saturated heterocycles. The number of nitrogens with zero attached hydrogens (tertiary/aromatic N) is 2. The van der Waals surface area contributed by atoms with Crippen molar-refractivity contribution < 1.29 is 9.18 Å². The van der Waals surface area contributed by atoms with Crippen LogP contribution >= 0.6 is 23.4 Å². The largest absolute Gasteiger partial charge is 0.323 e. The minimum absolute atomic E-state index is 0.117. The highest BCUT2D eigenvalue weighted by Crippen LogP contribution is 2.23. The van der Waals surface area contributed by atoms with Crippen LogP contribution in [0.25, 0.3) is 5.69 Å². The van der Waals surface area contributed by atoms with Gasteiger partial charge in [0.25, 0.3) is 0 Å². The van der Waals surface area contributed by atoms with Crippen LogP contribution in [0.3, 0.4) is 0 Å². The Balaban J connectivity index is 1.67. The molecule has 24 heavy (non-hydrogen) atoms. The van der Waals surface area contributed by atoms with Crippen LogP contribution in [0.1, 0.15) is 0 Å². The second-order valence-corrected chi connectivity index (χ2v) is 6.26. The van der Waals surface area contributed by atoms with Crippen molar-refractivity contribution >= 4 is 35.0 Å². The van der Waals surface area contributed by atoms with E-state index in [9.17, 15) is 9.18 Å². The maximum Gasteiger partial charge on any atom is 0.234 e. The highest BCUT2D eigenvalue weighted by atomic mass is 35.5. The zero-order valence-electron chi connectivity index (χ0n) is 12.4. The number of hydrogen-bond acceptors (Lipinski definition) is 3. The molecule has 7 heteroatoms. The lowest BCUT2D eigenvalue weighted by Crippen LogP contribution is -2.15. The Hall–Kier alpha value is -2.31. The summed E-state index contributed by atoms with van der Waals surface area (Å²) < 4.78 is 15.4. The molecule has 0 unspecified atom stereocenters. The van der Waals surface area contributed by atoms with Gasteiger partial charge in [-0.1, -0.05) is 41.6 Å². The van der Waals surface area contributed by atoms with E-state index in [1.807, 2.05) is 22.8 Å². The summed E-state index contributed by atoms with van der Waals surface area (Å²) in [5, 5.41) is 3.82. The molecule has 3 rings (SSSR count). The SMILES string of the molecule is O=C(CSc1nccn1-c1cccc(Cl)c1)Nc1ccccc1F. The first-order chi connectivity index (χ1) is 11.6. The summed E-state index contributed by atoms with van der Waals surface area (Å²) in [6.45, 7) is 0. The first-order valence-electron chi connectivity index (χ1n) is 7.10. The predicted octanol–water partition coefficient (Wildman–Crippen LogP) is 4.40. The van der Waals surface area contributed by atoms with E-state index >= 15 is 0 Å². The summed E-state index contributed by atoms with van der Waals surface area (Å²) in [6.07, 6.45) is 3.45. The molecule has 0 bridgehead atoms. The number of thioether (sulfide) groups is 1. The number of aromatic nitrogens is 2. The fourth-order valence-electron chi connectivity index (χ4n) is 2.10. The minimum Gasteiger partial charge on any atom is -0.323 e. The molecule has 0 radical (unpaired) electrons. The van der Waals surface area contributed by atoms with Gasteiger partial charge in [0.1, 0.15) is 5.82 Å². The van der Waals surface area contributed by atoms with Crippen LogP contribution in [-0.2, 0) is 4.79 Å². The molecular formula is C17H13ClFN3OS. The van der Waals surface area contributed by atoms with Gasteiger partial charge in [0.15, 0.2) is 5.16 Å². The summed E-state index contributed by atoms with van der Waals surface area (Å²) in [5.41, 5.74) is 1.03. The number of benzene rings is 2. The van der Waals surface area contributed by atoms with Gasteiger partial charge in [-0.15, -0.1) is 0 Å². The molecule has 1 amide bonds. The summed E-state index contributed by atoms with van der Waals surface area (Å²) in [7, 11) is 0. The number of imidazole rings is 1. The van der Waals surface area contributed by atoms with E-state index in [0.717, 1.165) is 5.69 Å². The number of nitrogens with one attached hydrogen (secondary N) is 1. The van der Waals surface area contributed by atoms with Crippen molar-refractivity contribution in [3.63, 3.8) is 0 Å². The Kier molecular flexibility index (Phi) is 5.17. The molecule has 3 aromatic rings. The molecule has 0 saturated carbocycles. The van der Waals surface area contributed by atoms with E-state index in [2.05, 4.69) is 10.3 Å². The average Bonchev–Trinajstić information content (AvgIpc) is 3.04. The summed E-state index contributed by atoms with van der Waals surface area (Å²) in [5.74, 6) is -0.645. The van der Waals surface area contributed by atoms with Gasteiger partial charge < -0.3 is 5.32 Å². The zero-order valence-corrected chi connectivity index (χ0v) is 14.0. The second-order valence-electron chi connectivity index (χ2n) is 4.88. The van der Waals surface area contributed by atoms with Crippen LogP contribution < -0.4 is 5.32 Å². The highest BCUT2D eigenvalue weighted by Gasteiger charge is 2.11. The van der Waals surface area contributed by atoms with E-state index in [1.54, 1.807) is 30.6 Å². The number of anilines is 1. The minimum atomic E-state index is -0.462. The lowest BCUT2D eigenvalue weighted by molar-refractivity contribution is -0.113. The van der Waals surface area contributed by atoms with Crippen LogP contribution in [0, 0.1) is 5.82 Å². The lowest BCUT2D eigenvalue weighted by Gasteiger charge is -2.08. The maximum absolute atomic E-state index is 13.5. The van der Waals surface area contributed by atoms with E-state index in [1.165, 1.54) is 23.9 Å². The lowest BCUT2D eigenvalue weighted by atomic mass is 10.3. The average molecular weight is 362 g/mol. The molecular weight excluding hydrogens is 349 g/mol. The van der Waals surface area contributed by atoms with Crippen LogP contribution in [0.15, 0.2) is 66.1 Å². The Morgan fingerprint density at radius 1 is 1.25 bits per heavy atom. The van der Waals surface area contributed by atoms with Crippen molar-refractivity contribution in [2.45, 2.75) is 5.16 Å². The third-order valence-corrected chi connectivity index (χ3v) is 4.38. The topological polar surface area (TPSA) is 46.9 Å². The number of carbonyl (C=O) groups is 1. The predicted molar refractivity (Wildman–Crippen MR) is 94.3 cm³/mol. The normalized spacial score (nSPS) is 10.6. The monoisotopic (exact) mass is 361 g/mol. The van der Waals surface area contributed by atoms with E-state index in [-0.39, 0.29) is 17.3 Å². The number of amides is 1. The van der Waals surface area contributed by atoms with Crippen molar-refractivity contribution in [2.24, 2.45) is 0 Å². The van der Waals surface area contributed by atoms with Crippen molar-refractivity contribution in [3.05, 3.63) is 71.8 Å². The standard InChI is InChI=1S/C17H13ClFN3OS/c18-12-4-3-5-13(10-12)22-9-8-20-17(22)24-11-16(23)21-15-7-2-1-6-14(15)19/h1-10H,11H2,(H,21,23). The Morgan fingerprint density at radius 3 is 2.88 bits per heavy atom. The Bertz CT molecular complexity index is 868. The molecule has 2 aromatic carbocycles. The number of carbonyl (C=O) groups excluding carboxylic acids is 1. The quantitative estimate of drug-likeness (QED) is 0.685. The number of rotatable bonds is 5. The molecule has 0 spiro atoms. The van der Waals surface area contributed by atoms with E-state index in [4.69, 9.17) is 11.6 Å². The fourth-order valence-corrected chi connectivity index (χ4v) is 3.06. The van der Waals surface area contributed by atoms with Crippen molar-refractivity contribution in [3.8, 4) is 5.69 Å². The first-order valence-corrected chi connectivity index (χ1v) is 8.46. The second kappa shape index (κ2) is 7.51. The first kappa shape index (κ1) is 16.5. The molecule has 1 aromatic heterocycles. The summed E-state index contributed by atoms with van der Waals surface area (Å²) in [6, 6.07) is 13.4. The molecule has 1 N–H and O–H groups in total. The van der Waals surface area contributed by atoms with E-state index < -0.39 is 5.82 Å². The number of para-hydroxylation sites is 1. The molecule has 0 aliphatic carbocycles. The maximum atomic E-state index is 13.5.